The largest absolute Gasteiger partial charge is 0.507 e. The Balaban J connectivity index is 0.00000277. The van der Waals surface area contributed by atoms with E-state index >= 15 is 0 Å². The number of fused-ring (bicyclic) bond motifs is 3. The zero-order valence-electron chi connectivity index (χ0n) is 20.7. The van der Waals surface area contributed by atoms with Gasteiger partial charge >= 0.3 is 0 Å². The molecule has 0 saturated carbocycles. The van der Waals surface area contributed by atoms with Crippen LogP contribution in [0.5, 0.6) is 5.75 Å². The zero-order valence-corrected chi connectivity index (χ0v) is 23.0. The minimum absolute atomic E-state index is 0. The van der Waals surface area contributed by atoms with Gasteiger partial charge in [-0.1, -0.05) is 66.7 Å². The van der Waals surface area contributed by atoms with E-state index in [0.29, 0.717) is 11.3 Å². The second-order valence-corrected chi connectivity index (χ2v) is 9.18. The van der Waals surface area contributed by atoms with Crippen molar-refractivity contribution < 1.29 is 26.2 Å². The summed E-state index contributed by atoms with van der Waals surface area (Å²) in [6.45, 7) is 0. The molecule has 0 radical (unpaired) electrons. The minimum atomic E-state index is 0. The van der Waals surface area contributed by atoms with Crippen molar-refractivity contribution in [3.63, 3.8) is 0 Å². The maximum Gasteiger partial charge on any atom is 0.144 e. The van der Waals surface area contributed by atoms with Crippen LogP contribution in [0.2, 0.25) is 0 Å². The van der Waals surface area contributed by atoms with Gasteiger partial charge in [0.2, 0.25) is 0 Å². The van der Waals surface area contributed by atoms with E-state index in [9.17, 15) is 5.11 Å². The van der Waals surface area contributed by atoms with E-state index in [1.807, 2.05) is 85.1 Å². The van der Waals surface area contributed by atoms with Crippen LogP contribution in [0.15, 0.2) is 128 Å². The number of hydrogen-bond donors (Lipinski definition) is 1. The number of aromatic hydroxyl groups is 1. The van der Waals surface area contributed by atoms with Crippen molar-refractivity contribution in [3.05, 3.63) is 134 Å². The van der Waals surface area contributed by atoms with Crippen molar-refractivity contribution in [1.29, 1.82) is 0 Å². The molecule has 0 saturated heterocycles. The Bertz CT molecular complexity index is 1890. The summed E-state index contributed by atoms with van der Waals surface area (Å²) < 4.78 is 2.15. The summed E-state index contributed by atoms with van der Waals surface area (Å²) in [6, 6.07) is 43.7. The van der Waals surface area contributed by atoms with Gasteiger partial charge in [0.25, 0.3) is 0 Å². The molecule has 1 N–H and O–H groups in total. The smallest absolute Gasteiger partial charge is 0.144 e. The molecule has 0 spiro atoms. The zero-order chi connectivity index (χ0) is 25.5. The molecule has 3 aromatic heterocycles. The molecule has 0 bridgehead atoms. The fourth-order valence-electron chi connectivity index (χ4n) is 5.06. The Labute approximate surface area is 240 Å². The summed E-state index contributed by atoms with van der Waals surface area (Å²) in [5.41, 5.74) is 8.03. The molecular formula is C34H22N3OPt-. The molecule has 0 aliphatic heterocycles. The molecule has 3 heterocycles. The molecule has 0 aliphatic rings. The first-order valence-electron chi connectivity index (χ1n) is 12.5. The molecule has 190 valence electrons. The van der Waals surface area contributed by atoms with Gasteiger partial charge in [-0.3, -0.25) is 4.98 Å². The van der Waals surface area contributed by atoms with Crippen molar-refractivity contribution in [3.8, 4) is 45.1 Å². The van der Waals surface area contributed by atoms with Crippen LogP contribution in [0.3, 0.4) is 0 Å². The number of benzene rings is 4. The van der Waals surface area contributed by atoms with Crippen molar-refractivity contribution in [2.75, 3.05) is 0 Å². The Morgan fingerprint density at radius 1 is 0.641 bits per heavy atom. The first-order chi connectivity index (χ1) is 18.8. The Kier molecular flexibility index (Phi) is 6.56. The third kappa shape index (κ3) is 4.43. The fraction of sp³-hybridized carbons (Fsp3) is 0. The summed E-state index contributed by atoms with van der Waals surface area (Å²) >= 11 is 0. The molecule has 7 aromatic rings. The topological polar surface area (TPSA) is 50.9 Å². The Morgan fingerprint density at radius 2 is 1.41 bits per heavy atom. The quantitative estimate of drug-likeness (QED) is 0.191. The second-order valence-electron chi connectivity index (χ2n) is 9.18. The van der Waals surface area contributed by atoms with E-state index in [1.54, 1.807) is 6.07 Å². The number of nitrogens with zero attached hydrogens (tertiary/aromatic N) is 3. The number of phenols is 1. The predicted octanol–water partition coefficient (Wildman–Crippen LogP) is 8.08. The third-order valence-electron chi connectivity index (χ3n) is 6.86. The summed E-state index contributed by atoms with van der Waals surface area (Å²) in [5.74, 6) is 0.198. The third-order valence-corrected chi connectivity index (χ3v) is 6.86. The average Bonchev–Trinajstić information content (AvgIpc) is 3.32. The van der Waals surface area contributed by atoms with Crippen molar-refractivity contribution >= 4 is 21.9 Å². The molecule has 0 unspecified atom stereocenters. The molecule has 0 aliphatic carbocycles. The molecule has 0 atom stereocenters. The maximum absolute atomic E-state index is 10.7. The molecule has 5 heteroatoms. The predicted molar refractivity (Wildman–Crippen MR) is 153 cm³/mol. The van der Waals surface area contributed by atoms with E-state index < -0.39 is 0 Å². The normalized spacial score (nSPS) is 11.0. The Morgan fingerprint density at radius 3 is 2.31 bits per heavy atom. The van der Waals surface area contributed by atoms with Gasteiger partial charge in [0.15, 0.2) is 0 Å². The summed E-state index contributed by atoms with van der Waals surface area (Å²) in [5, 5.41) is 13.0. The van der Waals surface area contributed by atoms with Gasteiger partial charge in [0, 0.05) is 43.6 Å². The number of pyridine rings is 2. The van der Waals surface area contributed by atoms with Crippen LogP contribution in [-0.2, 0) is 21.1 Å². The molecule has 0 amide bonds. The van der Waals surface area contributed by atoms with E-state index in [4.69, 9.17) is 9.97 Å². The van der Waals surface area contributed by atoms with Crippen LogP contribution in [0.25, 0.3) is 61.3 Å². The minimum Gasteiger partial charge on any atom is -0.507 e. The Hall–Kier alpha value is -4.53. The summed E-state index contributed by atoms with van der Waals surface area (Å²) in [6.07, 6.45) is 1.82. The first-order valence-corrected chi connectivity index (χ1v) is 12.5. The maximum atomic E-state index is 10.7. The van der Waals surface area contributed by atoms with Crippen LogP contribution in [-0.4, -0.2) is 19.6 Å². The number of hydrogen-bond acceptors (Lipinski definition) is 3. The molecular weight excluding hydrogens is 661 g/mol. The first kappa shape index (κ1) is 24.8. The number of phenolic OH excluding ortho intramolecular Hbond substituents is 1. The summed E-state index contributed by atoms with van der Waals surface area (Å²) in [4.78, 5) is 9.63. The molecule has 4 nitrogen and oxygen atoms in total. The molecule has 7 rings (SSSR count). The van der Waals surface area contributed by atoms with Gasteiger partial charge in [0.05, 0.1) is 11.2 Å². The number of rotatable bonds is 4. The van der Waals surface area contributed by atoms with Crippen molar-refractivity contribution in [1.82, 2.24) is 14.5 Å². The van der Waals surface area contributed by atoms with E-state index in [2.05, 4.69) is 47.0 Å². The van der Waals surface area contributed by atoms with Gasteiger partial charge < -0.3 is 9.67 Å². The van der Waals surface area contributed by atoms with Crippen LogP contribution >= 0.6 is 0 Å². The van der Waals surface area contributed by atoms with Crippen LogP contribution < -0.4 is 0 Å². The van der Waals surface area contributed by atoms with Gasteiger partial charge in [-0.05, 0) is 58.9 Å². The fourth-order valence-corrected chi connectivity index (χ4v) is 5.06. The van der Waals surface area contributed by atoms with E-state index in [-0.39, 0.29) is 26.8 Å². The number of para-hydroxylation sites is 1. The van der Waals surface area contributed by atoms with Gasteiger partial charge in [-0.2, -0.15) is 0 Å². The SMILES string of the molecule is Oc1ccc(-c2ccccc2)cc1-c1cccc(-c2[c-]c(-n3c4ccccc4c4cccnc43)ccc2)n1.[Pt]. The van der Waals surface area contributed by atoms with Gasteiger partial charge in [-0.15, -0.1) is 29.8 Å². The van der Waals surface area contributed by atoms with Crippen molar-refractivity contribution in [2.45, 2.75) is 0 Å². The molecule has 0 fully saturated rings. The van der Waals surface area contributed by atoms with Crippen molar-refractivity contribution in [2.24, 2.45) is 0 Å². The average molecular weight is 684 g/mol. The summed E-state index contributed by atoms with van der Waals surface area (Å²) in [7, 11) is 0. The molecule has 39 heavy (non-hydrogen) atoms. The monoisotopic (exact) mass is 683 g/mol. The van der Waals surface area contributed by atoms with Gasteiger partial charge in [-0.25, -0.2) is 4.98 Å². The molecule has 4 aromatic carbocycles. The van der Waals surface area contributed by atoms with Crippen LogP contribution in [0.4, 0.5) is 0 Å². The van der Waals surface area contributed by atoms with Gasteiger partial charge in [0.1, 0.15) is 11.4 Å². The standard InChI is InChI=1S/C34H22N3O.Pt/c38-33-19-18-24(23-9-2-1-3-10-23)22-29(33)31-16-7-15-30(36-31)25-11-6-12-26(21-25)37-32-17-5-4-13-27(32)28-14-8-20-35-34(28)37;/h1-20,22,38H;/q-1;. The van der Waals surface area contributed by atoms with E-state index in [0.717, 1.165) is 50.0 Å². The second kappa shape index (κ2) is 10.3. The van der Waals surface area contributed by atoms with Crippen LogP contribution in [0.1, 0.15) is 0 Å². The van der Waals surface area contributed by atoms with Crippen LogP contribution in [0, 0.1) is 6.07 Å². The number of aromatic nitrogens is 3. The van der Waals surface area contributed by atoms with E-state index in [1.165, 1.54) is 0 Å².